The maximum atomic E-state index is 13.1. The van der Waals surface area contributed by atoms with E-state index < -0.39 is 10.0 Å². The summed E-state index contributed by atoms with van der Waals surface area (Å²) >= 11 is 0. The summed E-state index contributed by atoms with van der Waals surface area (Å²) in [4.78, 5) is 0.0475. The van der Waals surface area contributed by atoms with Gasteiger partial charge in [0.25, 0.3) is 10.0 Å². The van der Waals surface area contributed by atoms with Gasteiger partial charge in [-0.2, -0.15) is 5.21 Å². The van der Waals surface area contributed by atoms with Crippen LogP contribution in [0.4, 0.5) is 5.69 Å². The third-order valence-electron chi connectivity index (χ3n) is 4.28. The van der Waals surface area contributed by atoms with E-state index in [1.165, 1.54) is 7.11 Å². The van der Waals surface area contributed by atoms with E-state index in [1.54, 1.807) is 36.4 Å². The maximum Gasteiger partial charge on any atom is 0.265 e. The summed E-state index contributed by atoms with van der Waals surface area (Å²) in [6.07, 6.45) is 0. The van der Waals surface area contributed by atoms with Crippen molar-refractivity contribution in [1.82, 2.24) is 20.6 Å². The van der Waals surface area contributed by atoms with Crippen LogP contribution in [0.1, 0.15) is 0 Å². The van der Waals surface area contributed by atoms with Gasteiger partial charge >= 0.3 is 0 Å². The van der Waals surface area contributed by atoms with Gasteiger partial charge in [-0.1, -0.05) is 48.5 Å². The number of tetrazole rings is 1. The smallest absolute Gasteiger partial charge is 0.265 e. The summed E-state index contributed by atoms with van der Waals surface area (Å²) in [6, 6.07) is 21.4. The predicted octanol–water partition coefficient (Wildman–Crippen LogP) is 3.34. The second-order valence-electron chi connectivity index (χ2n) is 6.15. The summed E-state index contributed by atoms with van der Waals surface area (Å²) in [6.45, 7) is 0. The molecule has 1 heterocycles. The predicted molar refractivity (Wildman–Crippen MR) is 109 cm³/mol. The fraction of sp³-hybridized carbons (Fsp3) is 0.0500. The van der Waals surface area contributed by atoms with Gasteiger partial charge in [0.15, 0.2) is 0 Å². The largest absolute Gasteiger partial charge is 0.495 e. The molecule has 0 bridgehead atoms. The van der Waals surface area contributed by atoms with Crippen LogP contribution in [0.3, 0.4) is 0 Å². The minimum absolute atomic E-state index is 0.0475. The number of nitrogens with zero attached hydrogens (tertiary/aromatic N) is 3. The first kappa shape index (κ1) is 18.6. The van der Waals surface area contributed by atoms with Crippen molar-refractivity contribution in [3.8, 4) is 28.3 Å². The van der Waals surface area contributed by atoms with Gasteiger partial charge in [-0.3, -0.25) is 4.72 Å². The second kappa shape index (κ2) is 7.72. The molecule has 0 amide bonds. The number of H-pyrrole nitrogens is 1. The first-order valence-electron chi connectivity index (χ1n) is 8.67. The number of aromatic nitrogens is 4. The van der Waals surface area contributed by atoms with E-state index in [-0.39, 0.29) is 10.6 Å². The first-order valence-corrected chi connectivity index (χ1v) is 10.2. The van der Waals surface area contributed by atoms with Gasteiger partial charge in [0.2, 0.25) is 5.82 Å². The molecule has 0 fully saturated rings. The van der Waals surface area contributed by atoms with Crippen LogP contribution < -0.4 is 9.46 Å². The Kier molecular flexibility index (Phi) is 4.96. The van der Waals surface area contributed by atoms with Crippen molar-refractivity contribution in [3.05, 3.63) is 72.8 Å². The molecular weight excluding hydrogens is 390 g/mol. The Bertz CT molecular complexity index is 1230. The van der Waals surface area contributed by atoms with E-state index in [9.17, 15) is 8.42 Å². The molecule has 3 aromatic carbocycles. The summed E-state index contributed by atoms with van der Waals surface area (Å²) in [5.41, 5.74) is 2.68. The topological polar surface area (TPSA) is 110 Å². The van der Waals surface area contributed by atoms with Crippen molar-refractivity contribution in [2.75, 3.05) is 11.8 Å². The molecule has 2 N–H and O–H groups in total. The Morgan fingerprint density at radius 1 is 0.897 bits per heavy atom. The fourth-order valence-corrected chi connectivity index (χ4v) is 4.16. The van der Waals surface area contributed by atoms with Crippen molar-refractivity contribution in [1.29, 1.82) is 0 Å². The van der Waals surface area contributed by atoms with Crippen LogP contribution in [0.5, 0.6) is 5.75 Å². The molecule has 0 aliphatic carbocycles. The number of rotatable bonds is 6. The fourth-order valence-electron chi connectivity index (χ4n) is 2.91. The number of nitrogens with one attached hydrogen (secondary N) is 2. The van der Waals surface area contributed by atoms with Crippen molar-refractivity contribution in [2.24, 2.45) is 0 Å². The SMILES string of the molecule is COc1ccc(-c2ccccc2)cc1S(=O)(=O)Nc1cccc(-c2nn[nH]n2)c1. The number of benzene rings is 3. The van der Waals surface area contributed by atoms with Gasteiger partial charge in [0, 0.05) is 11.3 Å². The Balaban J connectivity index is 1.71. The summed E-state index contributed by atoms with van der Waals surface area (Å²) in [5, 5.41) is 13.7. The number of methoxy groups -OCH3 is 1. The molecule has 0 saturated heterocycles. The molecule has 146 valence electrons. The lowest BCUT2D eigenvalue weighted by Gasteiger charge is -2.14. The summed E-state index contributed by atoms with van der Waals surface area (Å²) in [5.74, 6) is 0.626. The van der Waals surface area contributed by atoms with Gasteiger partial charge in [-0.05, 0) is 40.6 Å². The van der Waals surface area contributed by atoms with Crippen LogP contribution in [0.15, 0.2) is 77.7 Å². The van der Waals surface area contributed by atoms with Crippen LogP contribution in [-0.2, 0) is 10.0 Å². The maximum absolute atomic E-state index is 13.1. The highest BCUT2D eigenvalue weighted by Crippen LogP contribution is 2.31. The van der Waals surface area contributed by atoms with E-state index in [4.69, 9.17) is 4.74 Å². The third-order valence-corrected chi connectivity index (χ3v) is 5.68. The number of ether oxygens (including phenoxy) is 1. The van der Waals surface area contributed by atoms with E-state index >= 15 is 0 Å². The first-order chi connectivity index (χ1) is 14.1. The quantitative estimate of drug-likeness (QED) is 0.507. The second-order valence-corrected chi connectivity index (χ2v) is 7.80. The molecule has 0 unspecified atom stereocenters. The zero-order chi connectivity index (χ0) is 20.3. The van der Waals surface area contributed by atoms with Gasteiger partial charge in [-0.15, -0.1) is 10.2 Å². The lowest BCUT2D eigenvalue weighted by Crippen LogP contribution is -2.14. The van der Waals surface area contributed by atoms with Crippen LogP contribution >= 0.6 is 0 Å². The summed E-state index contributed by atoms with van der Waals surface area (Å²) < 4.78 is 34.1. The monoisotopic (exact) mass is 407 g/mol. The molecule has 0 aliphatic heterocycles. The van der Waals surface area contributed by atoms with Crippen LogP contribution in [0, 0.1) is 0 Å². The Labute approximate surface area is 167 Å². The zero-order valence-corrected chi connectivity index (χ0v) is 16.2. The molecule has 8 nitrogen and oxygen atoms in total. The number of hydrogen-bond acceptors (Lipinski definition) is 6. The molecule has 29 heavy (non-hydrogen) atoms. The number of anilines is 1. The van der Waals surface area contributed by atoms with Crippen molar-refractivity contribution in [2.45, 2.75) is 4.90 Å². The lowest BCUT2D eigenvalue weighted by atomic mass is 10.1. The van der Waals surface area contributed by atoms with Crippen LogP contribution in [-0.4, -0.2) is 36.2 Å². The van der Waals surface area contributed by atoms with Crippen molar-refractivity contribution < 1.29 is 13.2 Å². The standard InChI is InChI=1S/C20H17N5O3S/c1-28-18-11-10-15(14-6-3-2-4-7-14)13-19(18)29(26,27)23-17-9-5-8-16(12-17)20-21-24-25-22-20/h2-13,23H,1H3,(H,21,22,24,25). The average molecular weight is 407 g/mol. The molecule has 0 aliphatic rings. The molecule has 4 rings (SSSR count). The van der Waals surface area contributed by atoms with E-state index in [0.717, 1.165) is 11.1 Å². The minimum atomic E-state index is -3.91. The van der Waals surface area contributed by atoms with Crippen LogP contribution in [0.2, 0.25) is 0 Å². The molecule has 4 aromatic rings. The Hall–Kier alpha value is -3.72. The van der Waals surface area contributed by atoms with Crippen LogP contribution in [0.25, 0.3) is 22.5 Å². The molecule has 0 saturated carbocycles. The van der Waals surface area contributed by atoms with E-state index in [0.29, 0.717) is 17.1 Å². The van der Waals surface area contributed by atoms with Gasteiger partial charge < -0.3 is 4.74 Å². The molecular formula is C20H17N5O3S. The highest BCUT2D eigenvalue weighted by atomic mass is 32.2. The molecule has 0 radical (unpaired) electrons. The Morgan fingerprint density at radius 3 is 2.41 bits per heavy atom. The molecule has 1 aromatic heterocycles. The number of sulfonamides is 1. The molecule has 0 atom stereocenters. The van der Waals surface area contributed by atoms with Crippen molar-refractivity contribution in [3.63, 3.8) is 0 Å². The molecule has 0 spiro atoms. The third kappa shape index (κ3) is 3.94. The van der Waals surface area contributed by atoms with Gasteiger partial charge in [-0.25, -0.2) is 8.42 Å². The normalized spacial score (nSPS) is 11.2. The Morgan fingerprint density at radius 2 is 1.69 bits per heavy atom. The van der Waals surface area contributed by atoms with E-state index in [1.807, 2.05) is 36.4 Å². The highest BCUT2D eigenvalue weighted by Gasteiger charge is 2.21. The average Bonchev–Trinajstić information content (AvgIpc) is 3.29. The highest BCUT2D eigenvalue weighted by molar-refractivity contribution is 7.92. The minimum Gasteiger partial charge on any atom is -0.495 e. The lowest BCUT2D eigenvalue weighted by molar-refractivity contribution is 0.403. The molecule has 9 heteroatoms. The number of hydrogen-bond donors (Lipinski definition) is 2. The van der Waals surface area contributed by atoms with E-state index in [2.05, 4.69) is 25.3 Å². The van der Waals surface area contributed by atoms with Gasteiger partial charge in [0.05, 0.1) is 7.11 Å². The van der Waals surface area contributed by atoms with Gasteiger partial charge in [0.1, 0.15) is 10.6 Å². The number of aromatic amines is 1. The summed E-state index contributed by atoms with van der Waals surface area (Å²) in [7, 11) is -2.47. The zero-order valence-electron chi connectivity index (χ0n) is 15.4. The van der Waals surface area contributed by atoms with Crippen molar-refractivity contribution >= 4 is 15.7 Å².